The molecule has 0 saturated carbocycles. The van der Waals surface area contributed by atoms with Crippen LogP contribution < -0.4 is 0 Å². The van der Waals surface area contributed by atoms with Gasteiger partial charge in [-0.05, 0) is 43.0 Å². The number of H-pyrrole nitrogens is 1. The first-order valence-corrected chi connectivity index (χ1v) is 7.69. The van der Waals surface area contributed by atoms with Crippen molar-refractivity contribution in [3.63, 3.8) is 0 Å². The highest BCUT2D eigenvalue weighted by molar-refractivity contribution is 5.76. The van der Waals surface area contributed by atoms with E-state index in [4.69, 9.17) is 4.63 Å². The van der Waals surface area contributed by atoms with E-state index in [-0.39, 0.29) is 0 Å². The van der Waals surface area contributed by atoms with E-state index in [0.29, 0.717) is 0 Å². The minimum Gasteiger partial charge on any atom is -0.348 e. The van der Waals surface area contributed by atoms with Crippen LogP contribution >= 0.6 is 0 Å². The van der Waals surface area contributed by atoms with Gasteiger partial charge in [0.15, 0.2) is 0 Å². The zero-order chi connectivity index (χ0) is 16.2. The molecule has 0 saturated heterocycles. The second-order valence-corrected chi connectivity index (χ2v) is 6.04. The highest BCUT2D eigenvalue weighted by Crippen LogP contribution is 2.18. The Kier molecular flexibility index (Phi) is 4.68. The number of aryl methyl sites for hydroxylation is 1. The maximum Gasteiger partial charge on any atom is 0.139 e. The molecule has 0 aliphatic carbocycles. The fourth-order valence-corrected chi connectivity index (χ4v) is 2.54. The number of hydrogen-bond donors (Lipinski definition) is 1. The number of nitrogens with one attached hydrogen (secondary N) is 1. The summed E-state index contributed by atoms with van der Waals surface area (Å²) in [6.45, 7) is 5.56. The van der Waals surface area contributed by atoms with E-state index < -0.39 is 0 Å². The lowest BCUT2D eigenvalue weighted by Gasteiger charge is -2.23. The van der Waals surface area contributed by atoms with Crippen LogP contribution in [0.25, 0.3) is 11.0 Å². The van der Waals surface area contributed by atoms with Crippen LogP contribution in [-0.4, -0.2) is 57.3 Å². The molecule has 7 nitrogen and oxygen atoms in total. The van der Waals surface area contributed by atoms with Gasteiger partial charge in [-0.1, -0.05) is 12.1 Å². The summed E-state index contributed by atoms with van der Waals surface area (Å²) in [6.07, 6.45) is 1.75. The van der Waals surface area contributed by atoms with Crippen molar-refractivity contribution in [1.82, 2.24) is 30.1 Å². The predicted octanol–water partition coefficient (Wildman–Crippen LogP) is 1.82. The van der Waals surface area contributed by atoms with Gasteiger partial charge in [0.25, 0.3) is 0 Å². The fraction of sp³-hybridized carbons (Fsp3) is 0.438. The quantitative estimate of drug-likeness (QED) is 0.717. The van der Waals surface area contributed by atoms with Gasteiger partial charge in [-0.25, -0.2) is 9.61 Å². The molecule has 0 aliphatic heterocycles. The Morgan fingerprint density at radius 2 is 2.00 bits per heavy atom. The molecule has 2 heterocycles. The lowest BCUT2D eigenvalue weighted by atomic mass is 10.1. The molecule has 23 heavy (non-hydrogen) atoms. The number of nitrogens with zero attached hydrogens (tertiary/aromatic N) is 5. The molecular weight excluding hydrogens is 292 g/mol. The molecule has 122 valence electrons. The SMILES string of the molecule is Cc1[nH]cnc1CN(CCN(C)C)Cc1cccc2nonc12. The molecule has 3 aromatic rings. The second kappa shape index (κ2) is 6.89. The molecule has 0 radical (unpaired) electrons. The van der Waals surface area contributed by atoms with Crippen molar-refractivity contribution in [3.8, 4) is 0 Å². The number of benzene rings is 1. The van der Waals surface area contributed by atoms with Crippen LogP contribution in [0.3, 0.4) is 0 Å². The number of aromatic nitrogens is 4. The number of likely N-dealkylation sites (N-methyl/N-ethyl adjacent to an activating group) is 1. The first kappa shape index (κ1) is 15.6. The van der Waals surface area contributed by atoms with E-state index in [1.807, 2.05) is 12.1 Å². The molecule has 1 aromatic carbocycles. The molecule has 0 bridgehead atoms. The van der Waals surface area contributed by atoms with Crippen molar-refractivity contribution >= 4 is 11.0 Å². The number of aromatic amines is 1. The Hall–Kier alpha value is -2.25. The van der Waals surface area contributed by atoms with Gasteiger partial charge >= 0.3 is 0 Å². The van der Waals surface area contributed by atoms with Crippen LogP contribution in [0.4, 0.5) is 0 Å². The molecule has 0 unspecified atom stereocenters. The van der Waals surface area contributed by atoms with Crippen molar-refractivity contribution in [2.45, 2.75) is 20.0 Å². The molecule has 0 fully saturated rings. The van der Waals surface area contributed by atoms with Gasteiger partial charge in [0.1, 0.15) is 11.0 Å². The van der Waals surface area contributed by atoms with Crippen molar-refractivity contribution in [1.29, 1.82) is 0 Å². The average Bonchev–Trinajstić information content (AvgIpc) is 3.14. The average molecular weight is 314 g/mol. The minimum atomic E-state index is 0.783. The van der Waals surface area contributed by atoms with E-state index in [0.717, 1.165) is 54.2 Å². The third-order valence-electron chi connectivity index (χ3n) is 3.93. The Morgan fingerprint density at radius 3 is 2.74 bits per heavy atom. The van der Waals surface area contributed by atoms with Crippen LogP contribution in [0.1, 0.15) is 17.0 Å². The summed E-state index contributed by atoms with van der Waals surface area (Å²) in [5, 5.41) is 7.96. The Bertz CT molecular complexity index is 763. The standard InChI is InChI=1S/C16H22N6O/c1-12-15(18-11-17-12)10-22(8-7-21(2)3)9-13-5-4-6-14-16(13)20-23-19-14/h4-6,11H,7-10H2,1-3H3,(H,17,18). The van der Waals surface area contributed by atoms with Crippen molar-refractivity contribution < 1.29 is 4.63 Å². The monoisotopic (exact) mass is 314 g/mol. The normalized spacial score (nSPS) is 11.9. The van der Waals surface area contributed by atoms with Gasteiger partial charge in [-0.15, -0.1) is 0 Å². The van der Waals surface area contributed by atoms with Crippen molar-refractivity contribution in [2.24, 2.45) is 0 Å². The minimum absolute atomic E-state index is 0.783. The van der Waals surface area contributed by atoms with Crippen molar-refractivity contribution in [3.05, 3.63) is 41.5 Å². The summed E-state index contributed by atoms with van der Waals surface area (Å²) < 4.78 is 4.87. The van der Waals surface area contributed by atoms with Crippen LogP contribution in [-0.2, 0) is 13.1 Å². The first-order chi connectivity index (χ1) is 11.1. The zero-order valence-corrected chi connectivity index (χ0v) is 13.8. The maximum absolute atomic E-state index is 4.87. The number of rotatable bonds is 7. The molecule has 2 aromatic heterocycles. The van der Waals surface area contributed by atoms with E-state index in [1.54, 1.807) is 6.33 Å². The van der Waals surface area contributed by atoms with Crippen molar-refractivity contribution in [2.75, 3.05) is 27.2 Å². The number of hydrogen-bond acceptors (Lipinski definition) is 6. The fourth-order valence-electron chi connectivity index (χ4n) is 2.54. The molecule has 0 aliphatic rings. The van der Waals surface area contributed by atoms with E-state index in [1.165, 1.54) is 0 Å². The lowest BCUT2D eigenvalue weighted by Crippen LogP contribution is -2.31. The highest BCUT2D eigenvalue weighted by Gasteiger charge is 2.14. The van der Waals surface area contributed by atoms with Gasteiger partial charge in [0.2, 0.25) is 0 Å². The smallest absolute Gasteiger partial charge is 0.139 e. The molecular formula is C16H22N6O. The molecule has 0 spiro atoms. The van der Waals surface area contributed by atoms with Gasteiger partial charge in [0.05, 0.1) is 12.0 Å². The summed E-state index contributed by atoms with van der Waals surface area (Å²) in [4.78, 5) is 12.1. The van der Waals surface area contributed by atoms with Gasteiger partial charge in [0, 0.05) is 31.9 Å². The third kappa shape index (κ3) is 3.75. The van der Waals surface area contributed by atoms with Gasteiger partial charge in [-0.2, -0.15) is 0 Å². The Labute approximate surface area is 135 Å². The molecule has 3 rings (SSSR count). The Balaban J connectivity index is 1.80. The largest absolute Gasteiger partial charge is 0.348 e. The van der Waals surface area contributed by atoms with Crippen LogP contribution in [0.5, 0.6) is 0 Å². The summed E-state index contributed by atoms with van der Waals surface area (Å²) in [7, 11) is 4.17. The maximum atomic E-state index is 4.87. The number of imidazole rings is 1. The predicted molar refractivity (Wildman–Crippen MR) is 87.8 cm³/mol. The number of fused-ring (bicyclic) bond motifs is 1. The summed E-state index contributed by atoms with van der Waals surface area (Å²) in [5.74, 6) is 0. The molecule has 0 atom stereocenters. The lowest BCUT2D eigenvalue weighted by molar-refractivity contribution is 0.224. The van der Waals surface area contributed by atoms with E-state index in [9.17, 15) is 0 Å². The van der Waals surface area contributed by atoms with Gasteiger partial charge < -0.3 is 9.88 Å². The second-order valence-electron chi connectivity index (χ2n) is 6.04. The molecule has 7 heteroatoms. The highest BCUT2D eigenvalue weighted by atomic mass is 16.6. The Morgan fingerprint density at radius 1 is 1.13 bits per heavy atom. The van der Waals surface area contributed by atoms with Gasteiger partial charge in [-0.3, -0.25) is 4.90 Å². The van der Waals surface area contributed by atoms with Crippen LogP contribution in [0, 0.1) is 6.92 Å². The summed E-state index contributed by atoms with van der Waals surface area (Å²) in [6, 6.07) is 5.98. The van der Waals surface area contributed by atoms with E-state index in [2.05, 4.69) is 57.2 Å². The van der Waals surface area contributed by atoms with Crippen LogP contribution in [0.2, 0.25) is 0 Å². The molecule has 0 amide bonds. The third-order valence-corrected chi connectivity index (χ3v) is 3.93. The molecule has 1 N–H and O–H groups in total. The summed E-state index contributed by atoms with van der Waals surface area (Å²) >= 11 is 0. The first-order valence-electron chi connectivity index (χ1n) is 7.69. The topological polar surface area (TPSA) is 74.1 Å². The zero-order valence-electron chi connectivity index (χ0n) is 13.8. The van der Waals surface area contributed by atoms with E-state index >= 15 is 0 Å². The van der Waals surface area contributed by atoms with Crippen LogP contribution in [0.15, 0.2) is 29.2 Å². The summed E-state index contributed by atoms with van der Waals surface area (Å²) in [5.41, 5.74) is 4.94.